The Bertz CT molecular complexity index is 265. The first-order chi connectivity index (χ1) is 8.67. The van der Waals surface area contributed by atoms with E-state index in [1.165, 1.54) is 44.9 Å². The zero-order chi connectivity index (χ0) is 14.7. The first-order valence-electron chi connectivity index (χ1n) is 8.30. The van der Waals surface area contributed by atoms with Crippen molar-refractivity contribution < 1.29 is 32.7 Å². The van der Waals surface area contributed by atoms with Gasteiger partial charge in [0.2, 0.25) is 0 Å². The zero-order valence-electron chi connectivity index (χ0n) is 14.9. The van der Waals surface area contributed by atoms with Crippen LogP contribution in [-0.4, -0.2) is 0 Å². The molecule has 0 heterocycles. The maximum absolute atomic E-state index is 4.04. The zero-order valence-corrected chi connectivity index (χ0v) is 17.8. The molecule has 1 fully saturated rings. The summed E-state index contributed by atoms with van der Waals surface area (Å²) in [5, 5.41) is 0. The van der Waals surface area contributed by atoms with Gasteiger partial charge < -0.3 is 12.8 Å². The standard InChI is InChI=1S/C19H36.Y/c1-8-11-17(4,5)12-16-13-18(6,9-2)15-19(7,10-3)14-16;/h1,8-15H2,2-7H3;/q-2;. The van der Waals surface area contributed by atoms with Gasteiger partial charge in [-0.3, -0.25) is 0 Å². The molecule has 1 heteroatoms. The van der Waals surface area contributed by atoms with Gasteiger partial charge in [0.05, 0.1) is 0 Å². The van der Waals surface area contributed by atoms with E-state index in [0.29, 0.717) is 16.2 Å². The monoisotopic (exact) mass is 353 g/mol. The van der Waals surface area contributed by atoms with Crippen molar-refractivity contribution in [2.75, 3.05) is 0 Å². The largest absolute Gasteiger partial charge is 0.343 e. The van der Waals surface area contributed by atoms with Gasteiger partial charge in [0.25, 0.3) is 0 Å². The van der Waals surface area contributed by atoms with Crippen LogP contribution in [0.5, 0.6) is 0 Å². The van der Waals surface area contributed by atoms with Crippen LogP contribution in [0.15, 0.2) is 0 Å². The first-order valence-corrected chi connectivity index (χ1v) is 8.30. The Hall–Kier alpha value is 1.10. The second-order valence-corrected chi connectivity index (χ2v) is 8.55. The predicted molar refractivity (Wildman–Crippen MR) is 86.9 cm³/mol. The first kappa shape index (κ1) is 21.1. The topological polar surface area (TPSA) is 0 Å². The Kier molecular flexibility index (Phi) is 8.54. The second kappa shape index (κ2) is 8.10. The van der Waals surface area contributed by atoms with E-state index in [0.717, 1.165) is 6.42 Å². The number of hydrogen-bond donors (Lipinski definition) is 0. The smallest absolute Gasteiger partial charge is 0 e. The molecule has 1 saturated carbocycles. The quantitative estimate of drug-likeness (QED) is 0.472. The fraction of sp³-hybridized carbons (Fsp3) is 0.895. The van der Waals surface area contributed by atoms with Crippen molar-refractivity contribution in [3.63, 3.8) is 0 Å². The molecule has 2 atom stereocenters. The van der Waals surface area contributed by atoms with Crippen LogP contribution in [0.1, 0.15) is 92.9 Å². The molecule has 0 nitrogen and oxygen atoms in total. The molecule has 0 bridgehead atoms. The van der Waals surface area contributed by atoms with Crippen molar-refractivity contribution in [3.05, 3.63) is 12.8 Å². The van der Waals surface area contributed by atoms with Crippen LogP contribution in [0.3, 0.4) is 0 Å². The average Bonchev–Trinajstić information content (AvgIpc) is 2.27. The van der Waals surface area contributed by atoms with E-state index in [9.17, 15) is 0 Å². The van der Waals surface area contributed by atoms with Crippen molar-refractivity contribution in [2.45, 2.75) is 92.9 Å². The predicted octanol–water partition coefficient (Wildman–Crippen LogP) is 6.61. The minimum absolute atomic E-state index is 0. The summed E-state index contributed by atoms with van der Waals surface area (Å²) in [6.07, 6.45) is 10.4. The van der Waals surface area contributed by atoms with Crippen LogP contribution in [0, 0.1) is 29.1 Å². The number of rotatable bonds is 6. The summed E-state index contributed by atoms with van der Waals surface area (Å²) in [6.45, 7) is 18.7. The molecule has 0 aliphatic heterocycles. The van der Waals surface area contributed by atoms with Gasteiger partial charge in [-0.05, 0) is 6.42 Å². The molecule has 0 N–H and O–H groups in total. The molecule has 117 valence electrons. The molecule has 0 spiro atoms. The van der Waals surface area contributed by atoms with E-state index in [1.807, 2.05) is 5.92 Å². The maximum atomic E-state index is 4.04. The summed E-state index contributed by atoms with van der Waals surface area (Å²) in [7, 11) is 0. The molecule has 0 amide bonds. The van der Waals surface area contributed by atoms with Crippen LogP contribution in [0.25, 0.3) is 0 Å². The molecule has 0 aromatic rings. The minimum Gasteiger partial charge on any atom is -0.343 e. The van der Waals surface area contributed by atoms with Gasteiger partial charge in [-0.15, -0.1) is 0 Å². The van der Waals surface area contributed by atoms with Gasteiger partial charge in [-0.2, -0.15) is 25.7 Å². The number of hydrogen-bond acceptors (Lipinski definition) is 0. The van der Waals surface area contributed by atoms with Gasteiger partial charge in [0.1, 0.15) is 0 Å². The fourth-order valence-electron chi connectivity index (χ4n) is 4.29. The third-order valence-electron chi connectivity index (χ3n) is 5.50. The van der Waals surface area contributed by atoms with Crippen LogP contribution in [0.4, 0.5) is 0 Å². The molecular formula is C19H36Y-2. The fourth-order valence-corrected chi connectivity index (χ4v) is 4.29. The van der Waals surface area contributed by atoms with E-state index in [2.05, 4.69) is 48.5 Å². The van der Waals surface area contributed by atoms with Gasteiger partial charge in [0, 0.05) is 32.7 Å². The van der Waals surface area contributed by atoms with E-state index in [1.54, 1.807) is 0 Å². The Morgan fingerprint density at radius 1 is 1.05 bits per heavy atom. The van der Waals surface area contributed by atoms with E-state index in [4.69, 9.17) is 0 Å². The molecule has 2 unspecified atom stereocenters. The SMILES string of the molecule is [CH2-]CCC(C)(C)C[C-]1CC(C)(CC)CC(C)(CC)C1.[Y]. The van der Waals surface area contributed by atoms with E-state index < -0.39 is 0 Å². The van der Waals surface area contributed by atoms with Gasteiger partial charge in [-0.1, -0.05) is 77.0 Å². The van der Waals surface area contributed by atoms with Crippen molar-refractivity contribution >= 4 is 0 Å². The van der Waals surface area contributed by atoms with Gasteiger partial charge >= 0.3 is 0 Å². The molecule has 1 radical (unpaired) electrons. The average molecular weight is 353 g/mol. The molecule has 1 rings (SSSR count). The Balaban J connectivity index is 0.00000361. The Morgan fingerprint density at radius 3 is 1.85 bits per heavy atom. The van der Waals surface area contributed by atoms with E-state index >= 15 is 0 Å². The van der Waals surface area contributed by atoms with Crippen LogP contribution in [0.2, 0.25) is 0 Å². The Labute approximate surface area is 154 Å². The minimum atomic E-state index is 0. The van der Waals surface area contributed by atoms with Crippen molar-refractivity contribution in [1.29, 1.82) is 0 Å². The summed E-state index contributed by atoms with van der Waals surface area (Å²) >= 11 is 0. The molecule has 20 heavy (non-hydrogen) atoms. The molecule has 0 aromatic heterocycles. The van der Waals surface area contributed by atoms with Crippen molar-refractivity contribution in [1.82, 2.24) is 0 Å². The summed E-state index contributed by atoms with van der Waals surface area (Å²) in [5.74, 6) is 1.83. The molecule has 1 aliphatic rings. The maximum Gasteiger partial charge on any atom is 0 e. The van der Waals surface area contributed by atoms with Crippen molar-refractivity contribution in [2.24, 2.45) is 16.2 Å². The molecule has 0 saturated heterocycles. The second-order valence-electron chi connectivity index (χ2n) is 8.55. The molecule has 0 aromatic carbocycles. The van der Waals surface area contributed by atoms with Crippen LogP contribution in [-0.2, 0) is 32.7 Å². The summed E-state index contributed by atoms with van der Waals surface area (Å²) < 4.78 is 0. The summed E-state index contributed by atoms with van der Waals surface area (Å²) in [5.41, 5.74) is 1.52. The van der Waals surface area contributed by atoms with Crippen LogP contribution >= 0.6 is 0 Å². The molecular weight excluding hydrogens is 317 g/mol. The molecule has 1 aliphatic carbocycles. The third-order valence-corrected chi connectivity index (χ3v) is 5.50. The summed E-state index contributed by atoms with van der Waals surface area (Å²) in [6, 6.07) is 0. The third kappa shape index (κ3) is 6.08. The van der Waals surface area contributed by atoms with Crippen LogP contribution < -0.4 is 0 Å². The van der Waals surface area contributed by atoms with Crippen molar-refractivity contribution in [3.8, 4) is 0 Å². The van der Waals surface area contributed by atoms with E-state index in [-0.39, 0.29) is 32.7 Å². The van der Waals surface area contributed by atoms with Gasteiger partial charge in [-0.25, -0.2) is 0 Å². The Morgan fingerprint density at radius 2 is 1.50 bits per heavy atom. The normalized spacial score (nSPS) is 31.9. The van der Waals surface area contributed by atoms with Gasteiger partial charge in [0.15, 0.2) is 0 Å². The summed E-state index contributed by atoms with van der Waals surface area (Å²) in [4.78, 5) is 0.